The molecule has 108 valence electrons. The van der Waals surface area contributed by atoms with Gasteiger partial charge in [-0.2, -0.15) is 9.61 Å². The van der Waals surface area contributed by atoms with Crippen molar-refractivity contribution in [1.82, 2.24) is 14.6 Å². The average Bonchev–Trinajstić information content (AvgIpc) is 2.89. The molecule has 20 heavy (non-hydrogen) atoms. The Balaban J connectivity index is 1.87. The Kier molecular flexibility index (Phi) is 3.61. The minimum absolute atomic E-state index is 0.376. The zero-order valence-corrected chi connectivity index (χ0v) is 12.2. The van der Waals surface area contributed by atoms with Gasteiger partial charge in [0.15, 0.2) is 5.65 Å². The Bertz CT molecular complexity index is 581. The molecule has 3 rings (SSSR count). The van der Waals surface area contributed by atoms with E-state index in [9.17, 15) is 0 Å². The summed E-state index contributed by atoms with van der Waals surface area (Å²) in [4.78, 5) is 4.64. The van der Waals surface area contributed by atoms with Crippen molar-refractivity contribution in [1.29, 1.82) is 0 Å². The van der Waals surface area contributed by atoms with Gasteiger partial charge in [0.25, 0.3) is 0 Å². The molecule has 0 amide bonds. The van der Waals surface area contributed by atoms with Crippen LogP contribution in [0.2, 0.25) is 0 Å². The molecular formula is C15H23N5. The second-order valence-corrected chi connectivity index (χ2v) is 6.08. The zero-order chi connectivity index (χ0) is 14.1. The second kappa shape index (κ2) is 5.40. The highest BCUT2D eigenvalue weighted by Crippen LogP contribution is 2.23. The number of hydrogen-bond acceptors (Lipinski definition) is 4. The first-order valence-corrected chi connectivity index (χ1v) is 7.50. The SMILES string of the molecule is CC(C)c1cc(N[C@H]2CC[C@H](N)CC2)n2nccc2n1. The molecule has 2 aromatic heterocycles. The van der Waals surface area contributed by atoms with Gasteiger partial charge >= 0.3 is 0 Å². The molecule has 2 heterocycles. The van der Waals surface area contributed by atoms with Crippen LogP contribution in [0.5, 0.6) is 0 Å². The molecule has 0 atom stereocenters. The molecule has 0 unspecified atom stereocenters. The van der Waals surface area contributed by atoms with E-state index >= 15 is 0 Å². The molecule has 0 spiro atoms. The minimum Gasteiger partial charge on any atom is -0.367 e. The van der Waals surface area contributed by atoms with Gasteiger partial charge < -0.3 is 11.1 Å². The number of nitrogens with zero attached hydrogens (tertiary/aromatic N) is 3. The van der Waals surface area contributed by atoms with Gasteiger partial charge in [0.05, 0.1) is 6.20 Å². The highest BCUT2D eigenvalue weighted by Gasteiger charge is 2.19. The van der Waals surface area contributed by atoms with E-state index in [1.807, 2.05) is 10.6 Å². The molecule has 5 heteroatoms. The minimum atomic E-state index is 0.376. The molecular weight excluding hydrogens is 250 g/mol. The number of nitrogens with two attached hydrogens (primary N) is 1. The molecule has 3 N–H and O–H groups in total. The van der Waals surface area contributed by atoms with Crippen LogP contribution in [0, 0.1) is 0 Å². The third kappa shape index (κ3) is 2.63. The lowest BCUT2D eigenvalue weighted by atomic mass is 9.92. The normalized spacial score (nSPS) is 23.4. The van der Waals surface area contributed by atoms with Gasteiger partial charge in [-0.1, -0.05) is 13.8 Å². The Morgan fingerprint density at radius 2 is 2.05 bits per heavy atom. The number of fused-ring (bicyclic) bond motifs is 1. The molecule has 5 nitrogen and oxygen atoms in total. The molecule has 0 aromatic carbocycles. The summed E-state index contributed by atoms with van der Waals surface area (Å²) in [6.45, 7) is 4.33. The fraction of sp³-hybridized carbons (Fsp3) is 0.600. The summed E-state index contributed by atoms with van der Waals surface area (Å²) in [5.74, 6) is 1.46. The summed E-state index contributed by atoms with van der Waals surface area (Å²) in [7, 11) is 0. The van der Waals surface area contributed by atoms with Crippen LogP contribution in [0.1, 0.15) is 51.1 Å². The van der Waals surface area contributed by atoms with E-state index in [2.05, 4.69) is 35.3 Å². The van der Waals surface area contributed by atoms with Gasteiger partial charge in [-0.05, 0) is 31.6 Å². The number of aromatic nitrogens is 3. The summed E-state index contributed by atoms with van der Waals surface area (Å²) in [6, 6.07) is 4.94. The Morgan fingerprint density at radius 1 is 1.30 bits per heavy atom. The van der Waals surface area contributed by atoms with E-state index in [1.165, 1.54) is 0 Å². The molecule has 1 aliphatic rings. The van der Waals surface area contributed by atoms with Crippen LogP contribution in [0.4, 0.5) is 5.82 Å². The smallest absolute Gasteiger partial charge is 0.157 e. The molecule has 2 aromatic rings. The van der Waals surface area contributed by atoms with Crippen molar-refractivity contribution in [2.75, 3.05) is 5.32 Å². The van der Waals surface area contributed by atoms with Gasteiger partial charge in [0.1, 0.15) is 5.82 Å². The van der Waals surface area contributed by atoms with Crippen molar-refractivity contribution in [3.63, 3.8) is 0 Å². The van der Waals surface area contributed by atoms with Crippen molar-refractivity contribution >= 4 is 11.5 Å². The van der Waals surface area contributed by atoms with Gasteiger partial charge in [0.2, 0.25) is 0 Å². The second-order valence-electron chi connectivity index (χ2n) is 6.08. The standard InChI is InChI=1S/C15H23N5/c1-10(2)13-9-15(20-14(19-13)7-8-17-20)18-12-5-3-11(16)4-6-12/h7-12,18H,3-6,16H2,1-2H3/t11-,12-. The number of rotatable bonds is 3. The van der Waals surface area contributed by atoms with Crippen molar-refractivity contribution in [2.45, 2.75) is 57.5 Å². The van der Waals surface area contributed by atoms with E-state index < -0.39 is 0 Å². The topological polar surface area (TPSA) is 68.2 Å². The first-order chi connectivity index (χ1) is 9.63. The summed E-state index contributed by atoms with van der Waals surface area (Å²) in [5.41, 5.74) is 7.99. The maximum Gasteiger partial charge on any atom is 0.157 e. The predicted octanol–water partition coefficient (Wildman–Crippen LogP) is 2.53. The summed E-state index contributed by atoms with van der Waals surface area (Å²) in [5, 5.41) is 8.00. The lowest BCUT2D eigenvalue weighted by Crippen LogP contribution is -2.33. The van der Waals surface area contributed by atoms with Crippen molar-refractivity contribution in [2.24, 2.45) is 5.73 Å². The summed E-state index contributed by atoms with van der Waals surface area (Å²) < 4.78 is 1.89. The van der Waals surface area contributed by atoms with Crippen molar-refractivity contribution in [3.05, 3.63) is 24.0 Å². The molecule has 0 aliphatic heterocycles. The van der Waals surface area contributed by atoms with Gasteiger partial charge in [-0.3, -0.25) is 0 Å². The third-order valence-corrected chi connectivity index (χ3v) is 4.09. The van der Waals surface area contributed by atoms with Gasteiger partial charge in [-0.25, -0.2) is 4.98 Å². The van der Waals surface area contributed by atoms with Crippen LogP contribution in [-0.2, 0) is 0 Å². The molecule has 0 bridgehead atoms. The van der Waals surface area contributed by atoms with E-state index in [4.69, 9.17) is 5.73 Å². The van der Waals surface area contributed by atoms with Crippen LogP contribution >= 0.6 is 0 Å². The lowest BCUT2D eigenvalue weighted by Gasteiger charge is -2.27. The highest BCUT2D eigenvalue weighted by molar-refractivity contribution is 5.50. The first kappa shape index (κ1) is 13.4. The first-order valence-electron chi connectivity index (χ1n) is 7.50. The van der Waals surface area contributed by atoms with E-state index in [-0.39, 0.29) is 0 Å². The quantitative estimate of drug-likeness (QED) is 0.901. The van der Waals surface area contributed by atoms with Crippen LogP contribution in [0.3, 0.4) is 0 Å². The lowest BCUT2D eigenvalue weighted by molar-refractivity contribution is 0.410. The Labute approximate surface area is 119 Å². The Hall–Kier alpha value is -1.62. The van der Waals surface area contributed by atoms with Gasteiger partial charge in [0, 0.05) is 29.9 Å². The van der Waals surface area contributed by atoms with Crippen LogP contribution in [0.25, 0.3) is 5.65 Å². The summed E-state index contributed by atoms with van der Waals surface area (Å²) >= 11 is 0. The Morgan fingerprint density at radius 3 is 2.75 bits per heavy atom. The maximum atomic E-state index is 5.97. The molecule has 1 fully saturated rings. The molecule has 1 saturated carbocycles. The van der Waals surface area contributed by atoms with Crippen LogP contribution in [0.15, 0.2) is 18.3 Å². The van der Waals surface area contributed by atoms with Crippen LogP contribution in [-0.4, -0.2) is 26.7 Å². The zero-order valence-electron chi connectivity index (χ0n) is 12.2. The molecule has 1 aliphatic carbocycles. The van der Waals surface area contributed by atoms with Crippen molar-refractivity contribution < 1.29 is 0 Å². The fourth-order valence-corrected chi connectivity index (χ4v) is 2.80. The van der Waals surface area contributed by atoms with Crippen molar-refractivity contribution in [3.8, 4) is 0 Å². The van der Waals surface area contributed by atoms with E-state index in [1.54, 1.807) is 6.20 Å². The molecule has 0 saturated heterocycles. The largest absolute Gasteiger partial charge is 0.367 e. The maximum absolute atomic E-state index is 5.97. The fourth-order valence-electron chi connectivity index (χ4n) is 2.80. The van der Waals surface area contributed by atoms with Gasteiger partial charge in [-0.15, -0.1) is 0 Å². The average molecular weight is 273 g/mol. The number of hydrogen-bond donors (Lipinski definition) is 2. The van der Waals surface area contributed by atoms with E-state index in [0.29, 0.717) is 18.0 Å². The third-order valence-electron chi connectivity index (χ3n) is 4.09. The summed E-state index contributed by atoms with van der Waals surface area (Å²) in [6.07, 6.45) is 6.25. The monoisotopic (exact) mass is 273 g/mol. The van der Waals surface area contributed by atoms with E-state index in [0.717, 1.165) is 42.8 Å². The predicted molar refractivity (Wildman–Crippen MR) is 80.9 cm³/mol. The number of nitrogens with one attached hydrogen (secondary N) is 1. The molecule has 0 radical (unpaired) electrons. The van der Waals surface area contributed by atoms with Crippen LogP contribution < -0.4 is 11.1 Å². The number of anilines is 1. The highest BCUT2D eigenvalue weighted by atomic mass is 15.3.